The van der Waals surface area contributed by atoms with Gasteiger partial charge in [0, 0.05) is 16.5 Å². The smallest absolute Gasteiger partial charge is 0.228 e. The van der Waals surface area contributed by atoms with Crippen molar-refractivity contribution in [2.75, 3.05) is 5.32 Å². The van der Waals surface area contributed by atoms with E-state index >= 15 is 0 Å². The minimum atomic E-state index is -0.239. The third-order valence-corrected chi connectivity index (χ3v) is 6.68. The van der Waals surface area contributed by atoms with Crippen LogP contribution in [-0.2, 0) is 4.79 Å². The highest BCUT2D eigenvalue weighted by Crippen LogP contribution is 2.33. The standard InChI is InChI=1S/C26H28ClN3O2/c1-16-13-14-20(15-17(16)2)30-25(28-26(32)19-9-5-4-6-10-19)23(24(31)18(3)29-30)21-11-7-8-12-22(21)27/h7-8,11-15,19H,4-6,9-10H2,1-3H3,(H,28,32). The average Bonchev–Trinajstić information content (AvgIpc) is 2.79. The van der Waals surface area contributed by atoms with Crippen molar-refractivity contribution in [1.82, 2.24) is 9.78 Å². The second-order valence-electron chi connectivity index (χ2n) is 8.62. The summed E-state index contributed by atoms with van der Waals surface area (Å²) in [6, 6.07) is 13.2. The first-order chi connectivity index (χ1) is 15.4. The van der Waals surface area contributed by atoms with E-state index in [0.29, 0.717) is 27.7 Å². The summed E-state index contributed by atoms with van der Waals surface area (Å²) in [7, 11) is 0. The van der Waals surface area contributed by atoms with Crippen LogP contribution in [0.4, 0.5) is 5.82 Å². The van der Waals surface area contributed by atoms with Gasteiger partial charge in [-0.05, 0) is 62.9 Å². The molecule has 0 saturated heterocycles. The van der Waals surface area contributed by atoms with Crippen LogP contribution in [-0.4, -0.2) is 15.7 Å². The molecule has 1 heterocycles. The van der Waals surface area contributed by atoms with Crippen molar-refractivity contribution >= 4 is 23.3 Å². The molecule has 1 N–H and O–H groups in total. The molecule has 5 nitrogen and oxygen atoms in total. The molecule has 4 rings (SSSR count). The number of carbonyl (C=O) groups excluding carboxylic acids is 1. The predicted octanol–water partition coefficient (Wildman–Crippen LogP) is 6.00. The molecule has 32 heavy (non-hydrogen) atoms. The summed E-state index contributed by atoms with van der Waals surface area (Å²) in [5, 5.41) is 8.11. The number of hydrogen-bond donors (Lipinski definition) is 1. The maximum absolute atomic E-state index is 13.3. The minimum Gasteiger partial charge on any atom is -0.310 e. The molecule has 1 saturated carbocycles. The maximum atomic E-state index is 13.3. The van der Waals surface area contributed by atoms with Gasteiger partial charge in [0.15, 0.2) is 0 Å². The molecular formula is C26H28ClN3O2. The number of amides is 1. The lowest BCUT2D eigenvalue weighted by atomic mass is 9.88. The summed E-state index contributed by atoms with van der Waals surface area (Å²) < 4.78 is 1.67. The lowest BCUT2D eigenvalue weighted by Gasteiger charge is -2.24. The Hall–Kier alpha value is -2.92. The molecule has 0 unspecified atom stereocenters. The van der Waals surface area contributed by atoms with Crippen LogP contribution < -0.4 is 10.7 Å². The highest BCUT2D eigenvalue weighted by atomic mass is 35.5. The number of benzene rings is 2. The number of hydrogen-bond acceptors (Lipinski definition) is 3. The molecule has 0 radical (unpaired) electrons. The number of halogens is 1. The zero-order chi connectivity index (χ0) is 22.8. The summed E-state index contributed by atoms with van der Waals surface area (Å²) in [5.74, 6) is 0.237. The highest BCUT2D eigenvalue weighted by molar-refractivity contribution is 6.33. The van der Waals surface area contributed by atoms with Crippen LogP contribution in [0, 0.1) is 26.7 Å². The first-order valence-electron chi connectivity index (χ1n) is 11.1. The second kappa shape index (κ2) is 9.29. The predicted molar refractivity (Wildman–Crippen MR) is 130 cm³/mol. The van der Waals surface area contributed by atoms with Crippen molar-refractivity contribution in [2.45, 2.75) is 52.9 Å². The van der Waals surface area contributed by atoms with Crippen molar-refractivity contribution in [3.63, 3.8) is 0 Å². The molecule has 166 valence electrons. The average molecular weight is 450 g/mol. The van der Waals surface area contributed by atoms with Crippen LogP contribution in [0.25, 0.3) is 16.8 Å². The van der Waals surface area contributed by atoms with Crippen molar-refractivity contribution in [1.29, 1.82) is 0 Å². The summed E-state index contributed by atoms with van der Waals surface area (Å²) >= 11 is 6.50. The van der Waals surface area contributed by atoms with Gasteiger partial charge >= 0.3 is 0 Å². The SMILES string of the molecule is Cc1ccc(-n2nc(C)c(=O)c(-c3ccccc3Cl)c2NC(=O)C2CCCCC2)cc1C. The van der Waals surface area contributed by atoms with E-state index in [9.17, 15) is 9.59 Å². The van der Waals surface area contributed by atoms with Crippen LogP contribution in [0.3, 0.4) is 0 Å². The molecule has 1 aromatic heterocycles. The molecule has 0 aliphatic heterocycles. The maximum Gasteiger partial charge on any atom is 0.228 e. The molecule has 1 amide bonds. The molecule has 1 aliphatic rings. The fourth-order valence-corrected chi connectivity index (χ4v) is 4.53. The van der Waals surface area contributed by atoms with Gasteiger partial charge in [0.1, 0.15) is 11.5 Å². The molecule has 1 aliphatic carbocycles. The van der Waals surface area contributed by atoms with Crippen molar-refractivity contribution in [3.8, 4) is 16.8 Å². The van der Waals surface area contributed by atoms with Crippen LogP contribution in [0.1, 0.15) is 48.9 Å². The number of nitrogens with zero attached hydrogens (tertiary/aromatic N) is 2. The van der Waals surface area contributed by atoms with E-state index in [1.165, 1.54) is 0 Å². The van der Waals surface area contributed by atoms with Gasteiger partial charge in [-0.25, -0.2) is 4.68 Å². The Morgan fingerprint density at radius 1 is 1.03 bits per heavy atom. The van der Waals surface area contributed by atoms with Crippen molar-refractivity contribution in [3.05, 3.63) is 74.5 Å². The van der Waals surface area contributed by atoms with Crippen LogP contribution >= 0.6 is 11.6 Å². The molecule has 0 spiro atoms. The Labute approximate surface area is 193 Å². The van der Waals surface area contributed by atoms with Crippen molar-refractivity contribution in [2.24, 2.45) is 5.92 Å². The monoisotopic (exact) mass is 449 g/mol. The van der Waals surface area contributed by atoms with E-state index in [-0.39, 0.29) is 17.3 Å². The van der Waals surface area contributed by atoms with E-state index in [0.717, 1.165) is 48.9 Å². The van der Waals surface area contributed by atoms with E-state index < -0.39 is 0 Å². The third-order valence-electron chi connectivity index (χ3n) is 6.35. The third kappa shape index (κ3) is 4.35. The number of rotatable bonds is 4. The molecular weight excluding hydrogens is 422 g/mol. The van der Waals surface area contributed by atoms with Crippen LogP contribution in [0.2, 0.25) is 5.02 Å². The van der Waals surface area contributed by atoms with Gasteiger partial charge in [0.25, 0.3) is 0 Å². The number of aryl methyl sites for hydroxylation is 3. The van der Waals surface area contributed by atoms with Gasteiger partial charge in [-0.2, -0.15) is 5.10 Å². The summed E-state index contributed by atoms with van der Waals surface area (Å²) in [4.78, 5) is 26.6. The number of carbonyl (C=O) groups is 1. The first-order valence-corrected chi connectivity index (χ1v) is 11.5. The zero-order valence-corrected chi connectivity index (χ0v) is 19.5. The van der Waals surface area contributed by atoms with Gasteiger partial charge in [0.05, 0.1) is 11.3 Å². The molecule has 2 aromatic carbocycles. The van der Waals surface area contributed by atoms with Gasteiger partial charge in [-0.1, -0.05) is 55.1 Å². The van der Waals surface area contributed by atoms with Crippen LogP contribution in [0.15, 0.2) is 47.3 Å². The molecule has 0 atom stereocenters. The molecule has 1 fully saturated rings. The normalized spacial score (nSPS) is 14.4. The number of anilines is 1. The fourth-order valence-electron chi connectivity index (χ4n) is 4.30. The Bertz CT molecular complexity index is 1230. The van der Waals surface area contributed by atoms with Gasteiger partial charge in [0.2, 0.25) is 11.3 Å². The molecule has 0 bridgehead atoms. The molecule has 3 aromatic rings. The number of nitrogens with one attached hydrogen (secondary N) is 1. The Kier molecular flexibility index (Phi) is 6.47. The molecule has 6 heteroatoms. The summed E-state index contributed by atoms with van der Waals surface area (Å²) in [6.45, 7) is 5.76. The Morgan fingerprint density at radius 2 is 1.75 bits per heavy atom. The lowest BCUT2D eigenvalue weighted by Crippen LogP contribution is -2.29. The second-order valence-corrected chi connectivity index (χ2v) is 9.03. The largest absolute Gasteiger partial charge is 0.310 e. The van der Waals surface area contributed by atoms with Gasteiger partial charge in [-0.15, -0.1) is 0 Å². The lowest BCUT2D eigenvalue weighted by molar-refractivity contribution is -0.120. The zero-order valence-electron chi connectivity index (χ0n) is 18.7. The quantitative estimate of drug-likeness (QED) is 0.531. The highest BCUT2D eigenvalue weighted by Gasteiger charge is 2.26. The Morgan fingerprint density at radius 3 is 2.44 bits per heavy atom. The fraction of sp³-hybridized carbons (Fsp3) is 0.346. The van der Waals surface area contributed by atoms with E-state index in [4.69, 9.17) is 11.6 Å². The van der Waals surface area contributed by atoms with E-state index in [1.807, 2.05) is 44.2 Å². The van der Waals surface area contributed by atoms with Crippen LogP contribution in [0.5, 0.6) is 0 Å². The van der Waals surface area contributed by atoms with Gasteiger partial charge in [-0.3, -0.25) is 9.59 Å². The Balaban J connectivity index is 1.94. The first kappa shape index (κ1) is 22.3. The summed E-state index contributed by atoms with van der Waals surface area (Å²) in [5.41, 5.74) is 4.09. The van der Waals surface area contributed by atoms with E-state index in [2.05, 4.69) is 10.4 Å². The minimum absolute atomic E-state index is 0.0625. The number of aromatic nitrogens is 2. The van der Waals surface area contributed by atoms with Crippen molar-refractivity contribution < 1.29 is 4.79 Å². The van der Waals surface area contributed by atoms with Gasteiger partial charge < -0.3 is 5.32 Å². The topological polar surface area (TPSA) is 64.0 Å². The van der Waals surface area contributed by atoms with E-state index in [1.54, 1.807) is 23.7 Å². The summed E-state index contributed by atoms with van der Waals surface area (Å²) in [6.07, 6.45) is 4.98.